The summed E-state index contributed by atoms with van der Waals surface area (Å²) in [5.41, 5.74) is -0.574. The Bertz CT molecular complexity index is 927. The highest BCUT2D eigenvalue weighted by Gasteiger charge is 2.31. The predicted octanol–water partition coefficient (Wildman–Crippen LogP) is 4.47. The molecule has 134 valence electrons. The van der Waals surface area contributed by atoms with E-state index in [4.69, 9.17) is 11.6 Å². The third kappa shape index (κ3) is 3.94. The number of anilines is 3. The van der Waals surface area contributed by atoms with Crippen LogP contribution in [0.3, 0.4) is 0 Å². The number of nitrogens with zero attached hydrogens (tertiary/aromatic N) is 2. The number of aromatic nitrogens is 3. The van der Waals surface area contributed by atoms with E-state index in [1.165, 1.54) is 0 Å². The molecule has 0 radical (unpaired) electrons. The van der Waals surface area contributed by atoms with Gasteiger partial charge in [0.2, 0.25) is 0 Å². The van der Waals surface area contributed by atoms with Crippen LogP contribution in [-0.2, 0) is 6.18 Å². The summed E-state index contributed by atoms with van der Waals surface area (Å²) in [7, 11) is 0. The van der Waals surface area contributed by atoms with Crippen LogP contribution in [0.4, 0.5) is 30.4 Å². The van der Waals surface area contributed by atoms with Crippen molar-refractivity contribution in [1.29, 1.82) is 0 Å². The Morgan fingerprint density at radius 1 is 1.08 bits per heavy atom. The molecule has 0 saturated carbocycles. The van der Waals surface area contributed by atoms with Crippen molar-refractivity contribution in [2.24, 2.45) is 0 Å². The maximum absolute atomic E-state index is 12.8. The lowest BCUT2D eigenvalue weighted by molar-refractivity contribution is -0.137. The van der Waals surface area contributed by atoms with Crippen LogP contribution in [0.5, 0.6) is 0 Å². The first-order chi connectivity index (χ1) is 12.3. The van der Waals surface area contributed by atoms with E-state index >= 15 is 0 Å². The van der Waals surface area contributed by atoms with Gasteiger partial charge in [0.05, 0.1) is 16.3 Å². The van der Waals surface area contributed by atoms with Crippen molar-refractivity contribution in [3.8, 4) is 0 Å². The summed E-state index contributed by atoms with van der Waals surface area (Å²) < 4.78 is 38.5. The van der Waals surface area contributed by atoms with E-state index in [1.54, 1.807) is 24.3 Å². The normalized spacial score (nSPS) is 11.2. The number of carbonyl (C=O) groups is 1. The second-order valence-electron chi connectivity index (χ2n) is 5.16. The van der Waals surface area contributed by atoms with E-state index in [9.17, 15) is 18.0 Å². The number of halogens is 4. The number of hydrogen-bond acceptors (Lipinski definition) is 4. The van der Waals surface area contributed by atoms with Crippen molar-refractivity contribution in [3.05, 3.63) is 64.8 Å². The molecule has 3 N–H and O–H groups in total. The van der Waals surface area contributed by atoms with Gasteiger partial charge in [0.25, 0.3) is 5.91 Å². The zero-order chi connectivity index (χ0) is 18.7. The van der Waals surface area contributed by atoms with E-state index in [1.807, 2.05) is 6.07 Å². The Balaban J connectivity index is 1.83. The van der Waals surface area contributed by atoms with Crippen LogP contribution >= 0.6 is 11.6 Å². The quantitative estimate of drug-likeness (QED) is 0.622. The fourth-order valence-corrected chi connectivity index (χ4v) is 2.28. The highest BCUT2D eigenvalue weighted by atomic mass is 35.5. The fourth-order valence-electron chi connectivity index (χ4n) is 2.11. The Morgan fingerprint density at radius 2 is 1.81 bits per heavy atom. The molecule has 1 heterocycles. The molecule has 3 rings (SSSR count). The zero-order valence-electron chi connectivity index (χ0n) is 12.9. The van der Waals surface area contributed by atoms with Gasteiger partial charge in [0.15, 0.2) is 11.5 Å². The number of para-hydroxylation sites is 1. The average molecular weight is 382 g/mol. The molecule has 26 heavy (non-hydrogen) atoms. The van der Waals surface area contributed by atoms with E-state index in [2.05, 4.69) is 26.0 Å². The van der Waals surface area contributed by atoms with Gasteiger partial charge in [0, 0.05) is 5.69 Å². The fraction of sp³-hybridized carbons (Fsp3) is 0.0625. The molecule has 0 bridgehead atoms. The number of aromatic amines is 1. The van der Waals surface area contributed by atoms with Gasteiger partial charge in [-0.15, -0.1) is 10.2 Å². The van der Waals surface area contributed by atoms with Crippen molar-refractivity contribution in [2.45, 2.75) is 6.18 Å². The molecular formula is C16H11ClF3N5O. The SMILES string of the molecule is O=C(Nc1cc(C(F)(F)F)ccc1Cl)c1n[nH]nc1Nc1ccccc1. The average Bonchev–Trinajstić information content (AvgIpc) is 3.05. The molecule has 0 atom stereocenters. The molecular weight excluding hydrogens is 371 g/mol. The topological polar surface area (TPSA) is 82.7 Å². The monoisotopic (exact) mass is 381 g/mol. The predicted molar refractivity (Wildman–Crippen MR) is 90.5 cm³/mol. The number of H-pyrrole nitrogens is 1. The molecule has 0 spiro atoms. The number of alkyl halides is 3. The molecule has 1 aromatic heterocycles. The Hall–Kier alpha value is -3.07. The summed E-state index contributed by atoms with van der Waals surface area (Å²) in [5, 5.41) is 15.0. The molecule has 6 nitrogen and oxygen atoms in total. The molecule has 0 unspecified atom stereocenters. The summed E-state index contributed by atoms with van der Waals surface area (Å²) in [4.78, 5) is 12.4. The molecule has 1 amide bonds. The number of nitrogens with one attached hydrogen (secondary N) is 3. The van der Waals surface area contributed by atoms with Crippen LogP contribution in [0.25, 0.3) is 0 Å². The van der Waals surface area contributed by atoms with Crippen LogP contribution in [0.1, 0.15) is 16.1 Å². The van der Waals surface area contributed by atoms with Crippen molar-refractivity contribution in [1.82, 2.24) is 15.4 Å². The van der Waals surface area contributed by atoms with Crippen molar-refractivity contribution >= 4 is 34.7 Å². The molecule has 0 fully saturated rings. The Kier molecular flexibility index (Phi) is 4.81. The lowest BCUT2D eigenvalue weighted by atomic mass is 10.2. The summed E-state index contributed by atoms with van der Waals surface area (Å²) in [6.07, 6.45) is -4.56. The van der Waals surface area contributed by atoms with Crippen molar-refractivity contribution < 1.29 is 18.0 Å². The van der Waals surface area contributed by atoms with Gasteiger partial charge in [-0.3, -0.25) is 4.79 Å². The maximum Gasteiger partial charge on any atom is 0.416 e. The lowest BCUT2D eigenvalue weighted by Crippen LogP contribution is -2.15. The minimum Gasteiger partial charge on any atom is -0.337 e. The smallest absolute Gasteiger partial charge is 0.337 e. The van der Waals surface area contributed by atoms with Crippen LogP contribution in [0, 0.1) is 0 Å². The van der Waals surface area contributed by atoms with Gasteiger partial charge >= 0.3 is 6.18 Å². The Labute approximate surface area is 150 Å². The largest absolute Gasteiger partial charge is 0.416 e. The van der Waals surface area contributed by atoms with E-state index in [-0.39, 0.29) is 22.2 Å². The van der Waals surface area contributed by atoms with Crippen molar-refractivity contribution in [3.63, 3.8) is 0 Å². The minimum atomic E-state index is -4.56. The summed E-state index contributed by atoms with van der Waals surface area (Å²) in [5.74, 6) is -0.643. The molecule has 0 aliphatic rings. The standard InChI is InChI=1S/C16H11ClF3N5O/c17-11-7-6-9(16(18,19)20)8-12(11)22-15(26)13-14(24-25-23-13)21-10-4-2-1-3-5-10/h1-8H,(H,22,26)(H2,21,23,24,25). The summed E-state index contributed by atoms with van der Waals surface area (Å²) >= 11 is 5.88. The van der Waals surface area contributed by atoms with Gasteiger partial charge in [-0.25, -0.2) is 0 Å². The highest BCUT2D eigenvalue weighted by Crippen LogP contribution is 2.34. The first-order valence-corrected chi connectivity index (χ1v) is 7.63. The Morgan fingerprint density at radius 3 is 2.50 bits per heavy atom. The highest BCUT2D eigenvalue weighted by molar-refractivity contribution is 6.34. The van der Waals surface area contributed by atoms with Gasteiger partial charge in [-0.2, -0.15) is 18.4 Å². The van der Waals surface area contributed by atoms with E-state index in [0.29, 0.717) is 5.69 Å². The molecule has 0 aliphatic carbocycles. The molecule has 0 aliphatic heterocycles. The number of carbonyl (C=O) groups excluding carboxylic acids is 1. The third-order valence-corrected chi connectivity index (χ3v) is 3.67. The zero-order valence-corrected chi connectivity index (χ0v) is 13.7. The molecule has 3 aromatic rings. The molecule has 0 saturated heterocycles. The van der Waals surface area contributed by atoms with Gasteiger partial charge in [-0.1, -0.05) is 29.8 Å². The lowest BCUT2D eigenvalue weighted by Gasteiger charge is -2.11. The number of hydrogen-bond donors (Lipinski definition) is 3. The van der Waals surface area contributed by atoms with Gasteiger partial charge in [-0.05, 0) is 30.3 Å². The summed E-state index contributed by atoms with van der Waals surface area (Å²) in [6.45, 7) is 0. The second kappa shape index (κ2) is 7.04. The molecule has 2 aromatic carbocycles. The first kappa shape index (κ1) is 17.7. The van der Waals surface area contributed by atoms with Crippen LogP contribution in [-0.4, -0.2) is 21.3 Å². The van der Waals surface area contributed by atoms with E-state index < -0.39 is 17.6 Å². The van der Waals surface area contributed by atoms with Gasteiger partial charge in [0.1, 0.15) is 0 Å². The second-order valence-corrected chi connectivity index (χ2v) is 5.57. The number of rotatable bonds is 4. The van der Waals surface area contributed by atoms with Crippen LogP contribution in [0.2, 0.25) is 5.02 Å². The third-order valence-electron chi connectivity index (χ3n) is 3.34. The summed E-state index contributed by atoms with van der Waals surface area (Å²) in [6, 6.07) is 11.5. The number of amides is 1. The number of benzene rings is 2. The van der Waals surface area contributed by atoms with Gasteiger partial charge < -0.3 is 10.6 Å². The molecule has 10 heteroatoms. The van der Waals surface area contributed by atoms with Crippen LogP contribution in [0.15, 0.2) is 48.5 Å². The maximum atomic E-state index is 12.8. The van der Waals surface area contributed by atoms with E-state index in [0.717, 1.165) is 18.2 Å². The van der Waals surface area contributed by atoms with Crippen molar-refractivity contribution in [2.75, 3.05) is 10.6 Å². The first-order valence-electron chi connectivity index (χ1n) is 7.25. The van der Waals surface area contributed by atoms with Crippen LogP contribution < -0.4 is 10.6 Å². The minimum absolute atomic E-state index is 0.0348.